The smallest absolute Gasteiger partial charge is 0.269 e. The highest BCUT2D eigenvalue weighted by Gasteiger charge is 2.20. The van der Waals surface area contributed by atoms with E-state index in [1.54, 1.807) is 12.1 Å². The van der Waals surface area contributed by atoms with Crippen molar-refractivity contribution in [3.05, 3.63) is 34.4 Å². The van der Waals surface area contributed by atoms with Crippen molar-refractivity contribution >= 4 is 23.4 Å². The highest BCUT2D eigenvalue weighted by atomic mass is 32.2. The Bertz CT molecular complexity index is 488. The van der Waals surface area contributed by atoms with Crippen molar-refractivity contribution in [2.75, 3.05) is 19.6 Å². The summed E-state index contributed by atoms with van der Waals surface area (Å²) in [6.45, 7) is 4.46. The number of hydrogen-bond donors (Lipinski definition) is 2. The molecule has 0 spiro atoms. The maximum absolute atomic E-state index is 11.9. The maximum atomic E-state index is 11.9. The molecule has 7 heteroatoms. The molecule has 2 N–H and O–H groups in total. The van der Waals surface area contributed by atoms with Crippen molar-refractivity contribution in [2.24, 2.45) is 5.92 Å². The third-order valence-corrected chi connectivity index (χ3v) is 4.27. The Hall–Kier alpha value is -1.60. The van der Waals surface area contributed by atoms with Gasteiger partial charge in [-0.25, -0.2) is 0 Å². The summed E-state index contributed by atoms with van der Waals surface area (Å²) >= 11 is 1.40. The van der Waals surface area contributed by atoms with Crippen LogP contribution in [0, 0.1) is 16.0 Å². The maximum Gasteiger partial charge on any atom is 0.269 e. The number of thioether (sulfide) groups is 1. The van der Waals surface area contributed by atoms with Crippen LogP contribution in [-0.2, 0) is 4.79 Å². The number of carbonyl (C=O) groups is 1. The van der Waals surface area contributed by atoms with Crippen LogP contribution in [0.1, 0.15) is 6.92 Å². The Morgan fingerprint density at radius 2 is 2.15 bits per heavy atom. The molecule has 1 fully saturated rings. The number of amides is 1. The van der Waals surface area contributed by atoms with Crippen molar-refractivity contribution in [1.82, 2.24) is 10.6 Å². The minimum Gasteiger partial charge on any atom is -0.355 e. The topological polar surface area (TPSA) is 84.3 Å². The van der Waals surface area contributed by atoms with Gasteiger partial charge in [-0.3, -0.25) is 14.9 Å². The molecule has 0 aromatic heterocycles. The number of non-ortho nitro benzene ring substituents is 1. The summed E-state index contributed by atoms with van der Waals surface area (Å²) < 4.78 is 0. The lowest BCUT2D eigenvalue weighted by Crippen LogP contribution is -2.49. The second-order valence-corrected chi connectivity index (χ2v) is 6.19. The SMILES string of the molecule is CC(Sc1ccc([N+](=O)[O-])cc1)C(=O)NCC1CNC1. The van der Waals surface area contributed by atoms with E-state index in [0.29, 0.717) is 12.5 Å². The molecule has 2 rings (SSSR count). The van der Waals surface area contributed by atoms with E-state index in [2.05, 4.69) is 10.6 Å². The lowest BCUT2D eigenvalue weighted by molar-refractivity contribution is -0.384. The zero-order valence-corrected chi connectivity index (χ0v) is 12.0. The van der Waals surface area contributed by atoms with Crippen LogP contribution in [0.2, 0.25) is 0 Å². The summed E-state index contributed by atoms with van der Waals surface area (Å²) in [6, 6.07) is 6.24. The fraction of sp³-hybridized carbons (Fsp3) is 0.462. The van der Waals surface area contributed by atoms with E-state index in [9.17, 15) is 14.9 Å². The van der Waals surface area contributed by atoms with Gasteiger partial charge in [-0.15, -0.1) is 11.8 Å². The average Bonchev–Trinajstić information content (AvgIpc) is 2.37. The minimum absolute atomic E-state index is 0.000234. The van der Waals surface area contributed by atoms with Gasteiger partial charge in [0.05, 0.1) is 10.2 Å². The lowest BCUT2D eigenvalue weighted by Gasteiger charge is -2.27. The first-order chi connectivity index (χ1) is 9.56. The molecule has 1 aromatic carbocycles. The van der Waals surface area contributed by atoms with E-state index in [-0.39, 0.29) is 16.8 Å². The highest BCUT2D eigenvalue weighted by molar-refractivity contribution is 8.00. The molecule has 1 amide bonds. The van der Waals surface area contributed by atoms with Crippen LogP contribution in [0.4, 0.5) is 5.69 Å². The Kier molecular flexibility index (Phi) is 4.97. The van der Waals surface area contributed by atoms with Crippen molar-refractivity contribution in [3.63, 3.8) is 0 Å². The van der Waals surface area contributed by atoms with Gasteiger partial charge in [0.1, 0.15) is 0 Å². The number of nitrogens with zero attached hydrogens (tertiary/aromatic N) is 1. The number of benzene rings is 1. The van der Waals surface area contributed by atoms with E-state index in [4.69, 9.17) is 0 Å². The van der Waals surface area contributed by atoms with E-state index in [1.165, 1.54) is 23.9 Å². The van der Waals surface area contributed by atoms with Gasteiger partial charge >= 0.3 is 0 Å². The summed E-state index contributed by atoms with van der Waals surface area (Å²) in [7, 11) is 0. The fourth-order valence-electron chi connectivity index (χ4n) is 1.79. The molecular formula is C13H17N3O3S. The quantitative estimate of drug-likeness (QED) is 0.471. The number of carbonyl (C=O) groups excluding carboxylic acids is 1. The largest absolute Gasteiger partial charge is 0.355 e. The van der Waals surface area contributed by atoms with Gasteiger partial charge in [0.25, 0.3) is 5.69 Å². The molecule has 1 unspecified atom stereocenters. The fourth-order valence-corrected chi connectivity index (χ4v) is 2.68. The first-order valence-corrected chi connectivity index (χ1v) is 7.34. The van der Waals surface area contributed by atoms with Crippen molar-refractivity contribution in [2.45, 2.75) is 17.1 Å². The van der Waals surface area contributed by atoms with Crippen molar-refractivity contribution in [3.8, 4) is 0 Å². The predicted molar refractivity (Wildman–Crippen MR) is 77.8 cm³/mol. The molecule has 1 aliphatic rings. The summed E-state index contributed by atoms with van der Waals surface area (Å²) in [6.07, 6.45) is 0. The first kappa shape index (κ1) is 14.8. The van der Waals surface area contributed by atoms with Gasteiger partial charge in [-0.2, -0.15) is 0 Å². The molecule has 6 nitrogen and oxygen atoms in total. The summed E-state index contributed by atoms with van der Waals surface area (Å²) in [5.74, 6) is 0.538. The molecule has 0 radical (unpaired) electrons. The van der Waals surface area contributed by atoms with Crippen LogP contribution in [0.25, 0.3) is 0 Å². The van der Waals surface area contributed by atoms with Gasteiger partial charge in [0.2, 0.25) is 5.91 Å². The van der Waals surface area contributed by atoms with Crippen LogP contribution in [0.5, 0.6) is 0 Å². The molecule has 1 heterocycles. The summed E-state index contributed by atoms with van der Waals surface area (Å²) in [5.41, 5.74) is 0.0592. The van der Waals surface area contributed by atoms with Crippen LogP contribution in [0.3, 0.4) is 0 Å². The Labute approximate surface area is 121 Å². The molecule has 0 bridgehead atoms. The van der Waals surface area contributed by atoms with Gasteiger partial charge in [0.15, 0.2) is 0 Å². The molecular weight excluding hydrogens is 278 g/mol. The third kappa shape index (κ3) is 3.94. The zero-order chi connectivity index (χ0) is 14.5. The molecule has 108 valence electrons. The minimum atomic E-state index is -0.433. The van der Waals surface area contributed by atoms with E-state index >= 15 is 0 Å². The lowest BCUT2D eigenvalue weighted by atomic mass is 10.0. The normalized spacial score (nSPS) is 16.2. The molecule has 1 saturated heterocycles. The Morgan fingerprint density at radius 1 is 1.50 bits per heavy atom. The van der Waals surface area contributed by atoms with Gasteiger partial charge in [0, 0.05) is 42.6 Å². The van der Waals surface area contributed by atoms with Gasteiger partial charge < -0.3 is 10.6 Å². The predicted octanol–water partition coefficient (Wildman–Crippen LogP) is 1.41. The third-order valence-electron chi connectivity index (χ3n) is 3.16. The second kappa shape index (κ2) is 6.71. The van der Waals surface area contributed by atoms with Crippen LogP contribution < -0.4 is 10.6 Å². The summed E-state index contributed by atoms with van der Waals surface area (Å²) in [4.78, 5) is 22.9. The van der Waals surface area contributed by atoms with Crippen molar-refractivity contribution in [1.29, 1.82) is 0 Å². The number of rotatable bonds is 6. The zero-order valence-electron chi connectivity index (χ0n) is 11.2. The Morgan fingerprint density at radius 3 is 2.65 bits per heavy atom. The van der Waals surface area contributed by atoms with Crippen LogP contribution in [0.15, 0.2) is 29.2 Å². The first-order valence-electron chi connectivity index (χ1n) is 6.46. The molecule has 20 heavy (non-hydrogen) atoms. The van der Waals surface area contributed by atoms with E-state index < -0.39 is 4.92 Å². The number of nitrogens with one attached hydrogen (secondary N) is 2. The van der Waals surface area contributed by atoms with Gasteiger partial charge in [-0.05, 0) is 19.1 Å². The monoisotopic (exact) mass is 295 g/mol. The van der Waals surface area contributed by atoms with E-state index in [0.717, 1.165) is 18.0 Å². The number of hydrogen-bond acceptors (Lipinski definition) is 5. The average molecular weight is 295 g/mol. The second-order valence-electron chi connectivity index (χ2n) is 4.78. The molecule has 1 atom stereocenters. The van der Waals surface area contributed by atoms with Crippen molar-refractivity contribution < 1.29 is 9.72 Å². The van der Waals surface area contributed by atoms with Crippen LogP contribution >= 0.6 is 11.8 Å². The number of nitro benzene ring substituents is 1. The number of nitro groups is 1. The molecule has 1 aliphatic heterocycles. The Balaban J connectivity index is 1.81. The van der Waals surface area contributed by atoms with Crippen LogP contribution in [-0.4, -0.2) is 35.7 Å². The molecule has 0 aliphatic carbocycles. The molecule has 1 aromatic rings. The van der Waals surface area contributed by atoms with E-state index in [1.807, 2.05) is 6.92 Å². The highest BCUT2D eigenvalue weighted by Crippen LogP contribution is 2.25. The van der Waals surface area contributed by atoms with Gasteiger partial charge in [-0.1, -0.05) is 0 Å². The standard InChI is InChI=1S/C13H17N3O3S/c1-9(13(17)15-8-10-6-14-7-10)20-12-4-2-11(3-5-12)16(18)19/h2-5,9-10,14H,6-8H2,1H3,(H,15,17). The molecule has 0 saturated carbocycles. The summed E-state index contributed by atoms with van der Waals surface area (Å²) in [5, 5.41) is 16.4.